The highest BCUT2D eigenvalue weighted by molar-refractivity contribution is 7.47. The van der Waals surface area contributed by atoms with E-state index in [1.54, 1.807) is 12.2 Å². The van der Waals surface area contributed by atoms with Crippen molar-refractivity contribution in [2.45, 2.75) is 230 Å². The zero-order chi connectivity index (χ0) is 49.1. The van der Waals surface area contributed by atoms with E-state index in [-0.39, 0.29) is 18.6 Å². The highest BCUT2D eigenvalue weighted by atomic mass is 31.2. The minimum Gasteiger partial charge on any atom is -0.462 e. The summed E-state index contributed by atoms with van der Waals surface area (Å²) in [6, 6.07) is 0. The number of allylic oxidation sites excluding steroid dienone is 6. The predicted molar refractivity (Wildman–Crippen MR) is 251 cm³/mol. The van der Waals surface area contributed by atoms with E-state index in [0.717, 1.165) is 103 Å². The first-order valence-corrected chi connectivity index (χ1v) is 27.5. The van der Waals surface area contributed by atoms with Crippen LogP contribution in [0.25, 0.3) is 0 Å². The summed E-state index contributed by atoms with van der Waals surface area (Å²) in [4.78, 5) is 66.1. The molecule has 17 nitrogen and oxygen atoms in total. The van der Waals surface area contributed by atoms with Crippen LogP contribution < -0.4 is 0 Å². The average Bonchev–Trinajstić information content (AvgIpc) is 3.26. The van der Waals surface area contributed by atoms with E-state index in [1.807, 2.05) is 12.2 Å². The lowest BCUT2D eigenvalue weighted by Crippen LogP contribution is -2.64. The van der Waals surface area contributed by atoms with Crippen LogP contribution >= 0.6 is 15.6 Å². The molecule has 0 aromatic heterocycles. The summed E-state index contributed by atoms with van der Waals surface area (Å²) in [5, 5.41) is 41.2. The lowest BCUT2D eigenvalue weighted by Gasteiger charge is -2.43. The highest BCUT2D eigenvalue weighted by Crippen LogP contribution is 2.49. The van der Waals surface area contributed by atoms with Crippen LogP contribution in [0, 0.1) is 0 Å². The van der Waals surface area contributed by atoms with Crippen molar-refractivity contribution in [3.63, 3.8) is 0 Å². The van der Waals surface area contributed by atoms with Gasteiger partial charge < -0.3 is 44.6 Å². The van der Waals surface area contributed by atoms with Crippen LogP contribution in [-0.4, -0.2) is 109 Å². The summed E-state index contributed by atoms with van der Waals surface area (Å²) < 4.78 is 49.3. The van der Waals surface area contributed by atoms with E-state index in [2.05, 4.69) is 30.5 Å². The Morgan fingerprint density at radius 2 is 0.970 bits per heavy atom. The van der Waals surface area contributed by atoms with Gasteiger partial charge in [0.2, 0.25) is 0 Å². The number of hydrogen-bond acceptors (Lipinski definition) is 14. The molecule has 66 heavy (non-hydrogen) atoms. The number of rotatable bonds is 41. The number of aliphatic hydroxyl groups is 4. The second-order valence-electron chi connectivity index (χ2n) is 17.2. The van der Waals surface area contributed by atoms with E-state index in [1.165, 1.54) is 38.5 Å². The molecule has 1 aliphatic carbocycles. The minimum absolute atomic E-state index is 0.00764. The summed E-state index contributed by atoms with van der Waals surface area (Å²) in [7, 11) is -10.7. The quantitative estimate of drug-likeness (QED) is 0.00753. The second kappa shape index (κ2) is 37.7. The molecule has 0 bridgehead atoms. The van der Waals surface area contributed by atoms with Gasteiger partial charge in [-0.3, -0.25) is 28.0 Å². The van der Waals surface area contributed by atoms with Crippen molar-refractivity contribution in [1.82, 2.24) is 0 Å². The molecule has 1 saturated carbocycles. The monoisotopic (exact) mass is 983 g/mol. The smallest absolute Gasteiger partial charge is 0.462 e. The maximum Gasteiger partial charge on any atom is 0.472 e. The molecule has 0 aromatic carbocycles. The Bertz CT molecular complexity index is 1480. The van der Waals surface area contributed by atoms with Gasteiger partial charge in [0.25, 0.3) is 0 Å². The van der Waals surface area contributed by atoms with E-state index in [0.29, 0.717) is 19.3 Å². The molecular formula is C47H84O17P2. The third-order valence-corrected chi connectivity index (χ3v) is 12.7. The zero-order valence-electron chi connectivity index (χ0n) is 39.6. The molecule has 1 aliphatic rings. The second-order valence-corrected chi connectivity index (χ2v) is 19.8. The van der Waals surface area contributed by atoms with E-state index >= 15 is 0 Å². The molecule has 0 heterocycles. The molecular weight excluding hydrogens is 898 g/mol. The number of ether oxygens (including phenoxy) is 2. The normalized spacial score (nSPS) is 21.7. The van der Waals surface area contributed by atoms with Crippen LogP contribution in [0.1, 0.15) is 187 Å². The van der Waals surface area contributed by atoms with E-state index in [4.69, 9.17) is 18.5 Å². The number of phosphoric ester groups is 2. The fourth-order valence-electron chi connectivity index (χ4n) is 7.30. The molecule has 0 aliphatic heterocycles. The van der Waals surface area contributed by atoms with Gasteiger partial charge >= 0.3 is 27.6 Å². The molecule has 19 heteroatoms. The van der Waals surface area contributed by atoms with Crippen LogP contribution in [0.5, 0.6) is 0 Å². The van der Waals surface area contributed by atoms with Crippen LogP contribution in [0.4, 0.5) is 0 Å². The lowest BCUT2D eigenvalue weighted by atomic mass is 9.85. The Hall–Kier alpha value is -2.11. The van der Waals surface area contributed by atoms with Crippen LogP contribution in [0.2, 0.25) is 0 Å². The number of carbonyl (C=O) groups excluding carboxylic acids is 3. The Balaban J connectivity index is 2.60. The molecule has 0 aromatic rings. The van der Waals surface area contributed by atoms with Gasteiger partial charge in [-0.15, -0.1) is 0 Å². The molecule has 1 fully saturated rings. The summed E-state index contributed by atoms with van der Waals surface area (Å²) >= 11 is 0. The van der Waals surface area contributed by atoms with Gasteiger partial charge in [-0.2, -0.15) is 0 Å². The summed E-state index contributed by atoms with van der Waals surface area (Å²) in [6.45, 7) is 2.93. The summed E-state index contributed by atoms with van der Waals surface area (Å²) in [5.41, 5.74) is 0. The van der Waals surface area contributed by atoms with Crippen molar-refractivity contribution < 1.29 is 81.7 Å². The maximum absolute atomic E-state index is 13.0. The number of unbranched alkanes of at least 4 members (excludes halogenated alkanes) is 20. The van der Waals surface area contributed by atoms with Crippen molar-refractivity contribution in [1.29, 1.82) is 0 Å². The standard InChI is InChI=1S/C47H84O17P2/c1-3-5-7-8-9-10-11-12-13-14-15-16-17-20-23-26-30-34-40(49)60-36-39(62-41(50)35-31-27-24-21-18-19-22-25-29-33-38(48)32-28-6-4-2)37-61-66(58,59)64-47-44(53)42(51)43(52)46(45(47)54)63-65(55,56)57/h12-13,22,25,29,33,39,42-47,51-54H,3-11,14-21,23-24,26-28,30-32,34-37H2,1-2H3,(H,58,59)(H2,55,56,57)/b13-12-,25-22-,33-29+/t39-,42?,43?,44?,45?,46-,47+/m1/s1. The third-order valence-electron chi connectivity index (χ3n) is 11.2. The van der Waals surface area contributed by atoms with Gasteiger partial charge in [0.05, 0.1) is 6.61 Å². The van der Waals surface area contributed by atoms with E-state index in [9.17, 15) is 58.6 Å². The zero-order valence-corrected chi connectivity index (χ0v) is 41.4. The number of hydrogen-bond donors (Lipinski definition) is 7. The maximum atomic E-state index is 13.0. The Morgan fingerprint density at radius 3 is 1.52 bits per heavy atom. The number of esters is 2. The predicted octanol–water partition coefficient (Wildman–Crippen LogP) is 8.69. The van der Waals surface area contributed by atoms with Gasteiger partial charge in [-0.1, -0.05) is 141 Å². The molecule has 0 amide bonds. The minimum atomic E-state index is -5.38. The van der Waals surface area contributed by atoms with Crippen molar-refractivity contribution in [2.24, 2.45) is 0 Å². The molecule has 0 saturated heterocycles. The largest absolute Gasteiger partial charge is 0.472 e. The summed E-state index contributed by atoms with van der Waals surface area (Å²) in [5.74, 6) is -1.15. The lowest BCUT2D eigenvalue weighted by molar-refractivity contribution is -0.216. The molecule has 1 rings (SSSR count). The molecule has 0 spiro atoms. The number of ketones is 1. The van der Waals surface area contributed by atoms with Crippen LogP contribution in [0.3, 0.4) is 0 Å². The van der Waals surface area contributed by atoms with E-state index < -0.39 is 83.5 Å². The van der Waals surface area contributed by atoms with Gasteiger partial charge in [-0.05, 0) is 63.9 Å². The fraction of sp³-hybridized carbons (Fsp3) is 0.809. The van der Waals surface area contributed by atoms with Crippen molar-refractivity contribution in [3.8, 4) is 0 Å². The number of aliphatic hydroxyl groups excluding tert-OH is 4. The molecule has 7 N–H and O–H groups in total. The highest BCUT2D eigenvalue weighted by Gasteiger charge is 2.54. The SMILES string of the molecule is CCCCCCCC/C=C\CCCCCCCCCC(=O)OC[C@H](COP(=O)(O)O[C@H]1C(O)C(O)C(O)[C@@H](OP(=O)(O)O)C1O)OC(=O)CCCCCCC/C=C\C=C\C(=O)CCCCC. The topological polar surface area (TPSA) is 273 Å². The number of carbonyl (C=O) groups is 3. The first kappa shape index (κ1) is 61.9. The van der Waals surface area contributed by atoms with Gasteiger partial charge in [0.1, 0.15) is 43.2 Å². The average molecular weight is 983 g/mol. The summed E-state index contributed by atoms with van der Waals surface area (Å²) in [6.07, 6.45) is 22.2. The van der Waals surface area contributed by atoms with Crippen molar-refractivity contribution in [3.05, 3.63) is 36.5 Å². The van der Waals surface area contributed by atoms with Crippen molar-refractivity contribution >= 4 is 33.4 Å². The van der Waals surface area contributed by atoms with Gasteiger partial charge in [0, 0.05) is 19.3 Å². The first-order chi connectivity index (χ1) is 31.5. The van der Waals surface area contributed by atoms with Crippen LogP contribution in [-0.2, 0) is 46.6 Å². The Morgan fingerprint density at radius 1 is 0.515 bits per heavy atom. The molecule has 5 unspecified atom stereocenters. The van der Waals surface area contributed by atoms with Gasteiger partial charge in [0.15, 0.2) is 11.9 Å². The Kier molecular flexibility index (Phi) is 35.4. The van der Waals surface area contributed by atoms with Gasteiger partial charge in [-0.25, -0.2) is 9.13 Å². The molecule has 8 atom stereocenters. The fourth-order valence-corrected chi connectivity index (χ4v) is 8.84. The Labute approximate surface area is 393 Å². The first-order valence-electron chi connectivity index (χ1n) is 24.5. The molecule has 384 valence electrons. The van der Waals surface area contributed by atoms with Crippen LogP contribution in [0.15, 0.2) is 36.5 Å². The van der Waals surface area contributed by atoms with Crippen molar-refractivity contribution in [2.75, 3.05) is 13.2 Å². The molecule has 0 radical (unpaired) electrons. The number of phosphoric acid groups is 2. The third kappa shape index (κ3) is 31.8.